The summed E-state index contributed by atoms with van der Waals surface area (Å²) in [5.41, 5.74) is 0. The van der Waals surface area contributed by atoms with Crippen LogP contribution in [0.5, 0.6) is 0 Å². The number of carbonyl (C=O) groups is 1. The fraction of sp³-hybridized carbons (Fsp3) is 0.571. The Balaban J connectivity index is 1.88. The molecule has 4 N–H and O–H groups in total. The molecule has 0 aromatic carbocycles. The third-order valence-corrected chi connectivity index (χ3v) is 2.01. The van der Waals surface area contributed by atoms with Crippen LogP contribution in [0, 0.1) is 0 Å². The number of hydrogen-bond donors (Lipinski definition) is 4. The monoisotopic (exact) mass is 196 g/mol. The molecular weight excluding hydrogens is 184 g/mol. The molecule has 76 valence electrons. The first-order valence-electron chi connectivity index (χ1n) is 4.46. The number of carbonyl (C=O) groups excluding carboxylic acids is 1. The molecule has 0 radical (unpaired) electrons. The molecule has 14 heavy (non-hydrogen) atoms. The number of rotatable bonds is 2. The van der Waals surface area contributed by atoms with Crippen molar-refractivity contribution < 1.29 is 4.79 Å². The highest BCUT2D eigenvalue weighted by Crippen LogP contribution is 1.95. The molecule has 0 saturated carbocycles. The van der Waals surface area contributed by atoms with E-state index in [1.807, 2.05) is 0 Å². The van der Waals surface area contributed by atoms with Gasteiger partial charge >= 0.3 is 0 Å². The number of piperazine rings is 1. The Bertz CT molecular complexity index is 291. The van der Waals surface area contributed by atoms with E-state index in [1.54, 1.807) is 0 Å². The van der Waals surface area contributed by atoms with Gasteiger partial charge in [-0.05, 0) is 0 Å². The normalized spacial score (nSPS) is 21.9. The summed E-state index contributed by atoms with van der Waals surface area (Å²) in [6.45, 7) is 2.33. The van der Waals surface area contributed by atoms with Crippen molar-refractivity contribution in [2.75, 3.05) is 25.0 Å². The highest BCUT2D eigenvalue weighted by atomic mass is 16.2. The SMILES string of the molecule is O=C(Nc1ncn[nH]1)C1CNCCN1. The van der Waals surface area contributed by atoms with Gasteiger partial charge in [-0.2, -0.15) is 10.1 Å². The molecule has 1 saturated heterocycles. The number of anilines is 1. The maximum absolute atomic E-state index is 11.6. The average molecular weight is 196 g/mol. The Morgan fingerprint density at radius 3 is 3.14 bits per heavy atom. The van der Waals surface area contributed by atoms with Gasteiger partial charge in [0.05, 0.1) is 6.04 Å². The predicted molar refractivity (Wildman–Crippen MR) is 49.7 cm³/mol. The minimum atomic E-state index is -0.200. The van der Waals surface area contributed by atoms with Crippen molar-refractivity contribution in [3.63, 3.8) is 0 Å². The lowest BCUT2D eigenvalue weighted by atomic mass is 10.2. The molecule has 2 rings (SSSR count). The van der Waals surface area contributed by atoms with E-state index in [-0.39, 0.29) is 11.9 Å². The topological polar surface area (TPSA) is 94.7 Å². The van der Waals surface area contributed by atoms with Crippen LogP contribution in [0.15, 0.2) is 6.33 Å². The van der Waals surface area contributed by atoms with Crippen molar-refractivity contribution in [2.45, 2.75) is 6.04 Å². The molecule has 7 nitrogen and oxygen atoms in total. The highest BCUT2D eigenvalue weighted by molar-refractivity contribution is 5.93. The Morgan fingerprint density at radius 2 is 2.50 bits per heavy atom. The molecule has 1 aromatic heterocycles. The van der Waals surface area contributed by atoms with Gasteiger partial charge in [0.15, 0.2) is 0 Å². The number of nitrogens with zero attached hydrogens (tertiary/aromatic N) is 2. The second-order valence-corrected chi connectivity index (χ2v) is 3.03. The van der Waals surface area contributed by atoms with Gasteiger partial charge in [-0.25, -0.2) is 5.10 Å². The van der Waals surface area contributed by atoms with Gasteiger partial charge < -0.3 is 10.6 Å². The molecule has 1 fully saturated rings. The molecule has 1 amide bonds. The maximum Gasteiger partial charge on any atom is 0.245 e. The van der Waals surface area contributed by atoms with Gasteiger partial charge in [0, 0.05) is 19.6 Å². The van der Waals surface area contributed by atoms with Crippen molar-refractivity contribution in [3.05, 3.63) is 6.33 Å². The molecule has 0 bridgehead atoms. The second-order valence-electron chi connectivity index (χ2n) is 3.03. The zero-order chi connectivity index (χ0) is 9.80. The van der Waals surface area contributed by atoms with E-state index in [1.165, 1.54) is 6.33 Å². The van der Waals surface area contributed by atoms with Crippen LogP contribution in [0.1, 0.15) is 0 Å². The van der Waals surface area contributed by atoms with Crippen molar-refractivity contribution >= 4 is 11.9 Å². The van der Waals surface area contributed by atoms with E-state index >= 15 is 0 Å². The first-order valence-corrected chi connectivity index (χ1v) is 4.46. The summed E-state index contributed by atoms with van der Waals surface area (Å²) in [4.78, 5) is 15.4. The summed E-state index contributed by atoms with van der Waals surface area (Å²) < 4.78 is 0. The van der Waals surface area contributed by atoms with Crippen molar-refractivity contribution in [1.82, 2.24) is 25.8 Å². The highest BCUT2D eigenvalue weighted by Gasteiger charge is 2.20. The molecule has 1 aromatic rings. The number of nitrogens with one attached hydrogen (secondary N) is 4. The summed E-state index contributed by atoms with van der Waals surface area (Å²) in [5.74, 6) is 0.274. The smallest absolute Gasteiger partial charge is 0.245 e. The summed E-state index contributed by atoms with van der Waals surface area (Å²) >= 11 is 0. The molecule has 0 aliphatic carbocycles. The number of hydrogen-bond acceptors (Lipinski definition) is 5. The van der Waals surface area contributed by atoms with Gasteiger partial charge in [-0.1, -0.05) is 0 Å². The molecular formula is C7H12N6O. The quantitative estimate of drug-likeness (QED) is 0.452. The Morgan fingerprint density at radius 1 is 1.57 bits per heavy atom. The maximum atomic E-state index is 11.6. The molecule has 2 heterocycles. The van der Waals surface area contributed by atoms with E-state index < -0.39 is 0 Å². The van der Waals surface area contributed by atoms with E-state index in [0.29, 0.717) is 12.5 Å². The lowest BCUT2D eigenvalue weighted by Crippen LogP contribution is -2.54. The van der Waals surface area contributed by atoms with Crippen LogP contribution in [0.25, 0.3) is 0 Å². The largest absolute Gasteiger partial charge is 0.313 e. The molecule has 1 unspecified atom stereocenters. The predicted octanol–water partition coefficient (Wildman–Crippen LogP) is -1.70. The molecule has 1 aliphatic heterocycles. The third kappa shape index (κ3) is 2.06. The van der Waals surface area contributed by atoms with Crippen LogP contribution in [-0.4, -0.2) is 46.8 Å². The number of H-pyrrole nitrogens is 1. The van der Waals surface area contributed by atoms with Crippen LogP contribution in [0.2, 0.25) is 0 Å². The lowest BCUT2D eigenvalue weighted by molar-refractivity contribution is -0.118. The Kier molecular flexibility index (Phi) is 2.70. The van der Waals surface area contributed by atoms with Gasteiger partial charge in [0.25, 0.3) is 0 Å². The van der Waals surface area contributed by atoms with Crippen LogP contribution >= 0.6 is 0 Å². The van der Waals surface area contributed by atoms with E-state index in [2.05, 4.69) is 31.1 Å². The van der Waals surface area contributed by atoms with Crippen LogP contribution in [0.4, 0.5) is 5.95 Å². The van der Waals surface area contributed by atoms with Crippen molar-refractivity contribution in [2.24, 2.45) is 0 Å². The average Bonchev–Trinajstić information content (AvgIpc) is 2.72. The van der Waals surface area contributed by atoms with E-state index in [0.717, 1.165) is 13.1 Å². The number of aromatic nitrogens is 3. The third-order valence-electron chi connectivity index (χ3n) is 2.01. The second kappa shape index (κ2) is 4.16. The molecule has 1 aliphatic rings. The van der Waals surface area contributed by atoms with Crippen LogP contribution in [-0.2, 0) is 4.79 Å². The van der Waals surface area contributed by atoms with E-state index in [9.17, 15) is 4.79 Å². The summed E-state index contributed by atoms with van der Waals surface area (Å²) in [7, 11) is 0. The Labute approximate surface area is 80.7 Å². The first kappa shape index (κ1) is 9.10. The zero-order valence-electron chi connectivity index (χ0n) is 7.58. The number of aromatic amines is 1. The Hall–Kier alpha value is -1.47. The van der Waals surface area contributed by atoms with Gasteiger partial charge in [-0.15, -0.1) is 0 Å². The van der Waals surface area contributed by atoms with Gasteiger partial charge in [0.1, 0.15) is 6.33 Å². The van der Waals surface area contributed by atoms with Gasteiger partial charge in [0.2, 0.25) is 11.9 Å². The molecule has 7 heteroatoms. The van der Waals surface area contributed by atoms with E-state index in [4.69, 9.17) is 0 Å². The van der Waals surface area contributed by atoms with Gasteiger partial charge in [-0.3, -0.25) is 10.1 Å². The fourth-order valence-corrected chi connectivity index (χ4v) is 1.31. The van der Waals surface area contributed by atoms with Crippen molar-refractivity contribution in [3.8, 4) is 0 Å². The van der Waals surface area contributed by atoms with Crippen molar-refractivity contribution in [1.29, 1.82) is 0 Å². The van der Waals surface area contributed by atoms with Crippen LogP contribution < -0.4 is 16.0 Å². The molecule has 0 spiro atoms. The summed E-state index contributed by atoms with van der Waals surface area (Å²) in [5, 5.41) is 15.0. The fourth-order valence-electron chi connectivity index (χ4n) is 1.31. The lowest BCUT2D eigenvalue weighted by Gasteiger charge is -2.22. The standard InChI is InChI=1S/C7H12N6O/c14-6(5-3-8-1-2-9-5)12-7-10-4-11-13-7/h4-5,8-9H,1-3H2,(H2,10,11,12,13,14). The summed E-state index contributed by atoms with van der Waals surface area (Å²) in [6, 6.07) is -0.200. The minimum Gasteiger partial charge on any atom is -0.313 e. The first-order chi connectivity index (χ1) is 6.86. The molecule has 1 atom stereocenters. The zero-order valence-corrected chi connectivity index (χ0v) is 7.58. The van der Waals surface area contributed by atoms with Crippen LogP contribution in [0.3, 0.4) is 0 Å². The minimum absolute atomic E-state index is 0.103. The summed E-state index contributed by atoms with van der Waals surface area (Å²) in [6.07, 6.45) is 1.35. The number of amides is 1.